The number of carbonyl (C=O) groups excluding carboxylic acids is 2. The number of benzene rings is 3. The maximum atomic E-state index is 13.6. The van der Waals surface area contributed by atoms with Crippen LogP contribution in [0.5, 0.6) is 0 Å². The van der Waals surface area contributed by atoms with Crippen molar-refractivity contribution in [3.05, 3.63) is 106 Å². The van der Waals surface area contributed by atoms with Crippen molar-refractivity contribution in [1.29, 1.82) is 0 Å². The SMILES string of the molecule is CNC(=O)C(Cc1ccccc1)N(Cc1ccccc1C)C(=O)CSCc1cc(C)cc(C)c1. The molecule has 0 spiro atoms. The summed E-state index contributed by atoms with van der Waals surface area (Å²) in [7, 11) is 1.63. The number of nitrogens with one attached hydrogen (secondary N) is 1. The molecule has 1 atom stereocenters. The first kappa shape index (κ1) is 25.6. The average Bonchev–Trinajstić information content (AvgIpc) is 2.82. The highest BCUT2D eigenvalue weighted by Crippen LogP contribution is 2.20. The molecule has 34 heavy (non-hydrogen) atoms. The van der Waals surface area contributed by atoms with E-state index in [0.29, 0.717) is 18.7 Å². The molecule has 178 valence electrons. The molecule has 1 N–H and O–H groups in total. The first-order valence-corrected chi connectivity index (χ1v) is 12.8. The van der Waals surface area contributed by atoms with Crippen molar-refractivity contribution in [3.63, 3.8) is 0 Å². The van der Waals surface area contributed by atoms with E-state index in [1.165, 1.54) is 16.7 Å². The predicted octanol–water partition coefficient (Wildman–Crippen LogP) is 5.23. The maximum absolute atomic E-state index is 13.6. The van der Waals surface area contributed by atoms with E-state index in [1.807, 2.05) is 61.5 Å². The highest BCUT2D eigenvalue weighted by molar-refractivity contribution is 7.99. The van der Waals surface area contributed by atoms with E-state index in [4.69, 9.17) is 0 Å². The van der Waals surface area contributed by atoms with Crippen molar-refractivity contribution >= 4 is 23.6 Å². The van der Waals surface area contributed by atoms with Gasteiger partial charge in [-0.15, -0.1) is 11.8 Å². The topological polar surface area (TPSA) is 49.4 Å². The first-order chi connectivity index (χ1) is 16.4. The van der Waals surface area contributed by atoms with Crippen LogP contribution in [0.15, 0.2) is 72.8 Å². The molecule has 1 unspecified atom stereocenters. The summed E-state index contributed by atoms with van der Waals surface area (Å²) in [5.74, 6) is 0.906. The van der Waals surface area contributed by atoms with E-state index >= 15 is 0 Å². The Bertz CT molecular complexity index is 1090. The summed E-state index contributed by atoms with van der Waals surface area (Å²) in [6.45, 7) is 6.63. The van der Waals surface area contributed by atoms with Crippen molar-refractivity contribution in [1.82, 2.24) is 10.2 Å². The lowest BCUT2D eigenvalue weighted by molar-refractivity contribution is -0.139. The molecule has 0 aliphatic heterocycles. The van der Waals surface area contributed by atoms with Crippen LogP contribution in [-0.2, 0) is 28.3 Å². The Morgan fingerprint density at radius 1 is 0.882 bits per heavy atom. The molecule has 3 aromatic carbocycles. The van der Waals surface area contributed by atoms with Crippen LogP contribution in [0.3, 0.4) is 0 Å². The van der Waals surface area contributed by atoms with Crippen LogP contribution >= 0.6 is 11.8 Å². The molecule has 0 aliphatic rings. The fourth-order valence-electron chi connectivity index (χ4n) is 4.18. The second-order valence-electron chi connectivity index (χ2n) is 8.76. The third-order valence-corrected chi connectivity index (χ3v) is 6.88. The molecule has 3 rings (SSSR count). The van der Waals surface area contributed by atoms with Gasteiger partial charge in [0.2, 0.25) is 11.8 Å². The van der Waals surface area contributed by atoms with Gasteiger partial charge in [0.15, 0.2) is 0 Å². The zero-order chi connectivity index (χ0) is 24.5. The summed E-state index contributed by atoms with van der Waals surface area (Å²) in [6.07, 6.45) is 0.472. The number of rotatable bonds is 10. The largest absolute Gasteiger partial charge is 0.357 e. The number of carbonyl (C=O) groups is 2. The minimum atomic E-state index is -0.582. The van der Waals surface area contributed by atoms with Gasteiger partial charge in [0.25, 0.3) is 0 Å². The van der Waals surface area contributed by atoms with Gasteiger partial charge in [-0.3, -0.25) is 9.59 Å². The fourth-order valence-corrected chi connectivity index (χ4v) is 5.03. The number of nitrogens with zero attached hydrogens (tertiary/aromatic N) is 1. The summed E-state index contributed by atoms with van der Waals surface area (Å²) >= 11 is 1.60. The highest BCUT2D eigenvalue weighted by atomic mass is 32.2. The van der Waals surface area contributed by atoms with E-state index in [2.05, 4.69) is 37.4 Å². The summed E-state index contributed by atoms with van der Waals surface area (Å²) in [5, 5.41) is 2.78. The molecule has 0 radical (unpaired) electrons. The monoisotopic (exact) mass is 474 g/mol. The molecule has 3 aromatic rings. The summed E-state index contributed by atoms with van der Waals surface area (Å²) in [4.78, 5) is 28.3. The molecule has 0 heterocycles. The number of hydrogen-bond donors (Lipinski definition) is 1. The van der Waals surface area contributed by atoms with Crippen LogP contribution in [0.2, 0.25) is 0 Å². The molecule has 2 amide bonds. The second-order valence-corrected chi connectivity index (χ2v) is 9.74. The van der Waals surface area contributed by atoms with Gasteiger partial charge >= 0.3 is 0 Å². The van der Waals surface area contributed by atoms with Gasteiger partial charge in [0.05, 0.1) is 5.75 Å². The molecule has 4 nitrogen and oxygen atoms in total. The number of thioether (sulfide) groups is 1. The van der Waals surface area contributed by atoms with E-state index in [-0.39, 0.29) is 11.8 Å². The van der Waals surface area contributed by atoms with Gasteiger partial charge in [-0.25, -0.2) is 0 Å². The van der Waals surface area contributed by atoms with Gasteiger partial charge < -0.3 is 10.2 Å². The Morgan fingerprint density at radius 3 is 2.18 bits per heavy atom. The lowest BCUT2D eigenvalue weighted by Gasteiger charge is -2.31. The Morgan fingerprint density at radius 2 is 1.53 bits per heavy atom. The van der Waals surface area contributed by atoms with Crippen LogP contribution in [-0.4, -0.2) is 35.6 Å². The van der Waals surface area contributed by atoms with Gasteiger partial charge in [0, 0.05) is 25.8 Å². The molecule has 0 fully saturated rings. The van der Waals surface area contributed by atoms with E-state index in [0.717, 1.165) is 22.4 Å². The average molecular weight is 475 g/mol. The van der Waals surface area contributed by atoms with Gasteiger partial charge in [0.1, 0.15) is 6.04 Å². The first-order valence-electron chi connectivity index (χ1n) is 11.6. The third-order valence-electron chi connectivity index (χ3n) is 5.90. The Labute approximate surface area is 207 Å². The number of amides is 2. The van der Waals surface area contributed by atoms with Gasteiger partial charge in [-0.05, 0) is 43.0 Å². The van der Waals surface area contributed by atoms with Crippen LogP contribution in [0.1, 0.15) is 33.4 Å². The smallest absolute Gasteiger partial charge is 0.242 e. The minimum absolute atomic E-state index is 0.0258. The molecule has 0 aliphatic carbocycles. The normalized spacial score (nSPS) is 11.6. The van der Waals surface area contributed by atoms with Gasteiger partial charge in [-0.2, -0.15) is 0 Å². The van der Waals surface area contributed by atoms with Crippen molar-refractivity contribution in [2.45, 2.75) is 45.5 Å². The van der Waals surface area contributed by atoms with Gasteiger partial charge in [-0.1, -0.05) is 83.9 Å². The van der Waals surface area contributed by atoms with Crippen molar-refractivity contribution in [2.75, 3.05) is 12.8 Å². The summed E-state index contributed by atoms with van der Waals surface area (Å²) in [5.41, 5.74) is 6.86. The maximum Gasteiger partial charge on any atom is 0.242 e. The van der Waals surface area contributed by atoms with E-state index < -0.39 is 6.04 Å². The van der Waals surface area contributed by atoms with E-state index in [1.54, 1.807) is 23.7 Å². The van der Waals surface area contributed by atoms with Crippen molar-refractivity contribution in [2.24, 2.45) is 0 Å². The predicted molar refractivity (Wildman–Crippen MR) is 142 cm³/mol. The van der Waals surface area contributed by atoms with E-state index in [9.17, 15) is 9.59 Å². The highest BCUT2D eigenvalue weighted by Gasteiger charge is 2.30. The molecule has 5 heteroatoms. The molecule has 0 aromatic heterocycles. The Balaban J connectivity index is 1.82. The fraction of sp³-hybridized carbons (Fsp3) is 0.310. The van der Waals surface area contributed by atoms with Crippen molar-refractivity contribution in [3.8, 4) is 0 Å². The third kappa shape index (κ3) is 7.22. The standard InChI is InChI=1S/C29H34N2O2S/c1-21-14-22(2)16-25(15-21)19-34-20-28(32)31(18-26-13-9-8-10-23(26)3)27(29(33)30-4)17-24-11-6-5-7-12-24/h5-16,27H,17-20H2,1-4H3,(H,30,33). The number of likely N-dealkylation sites (N-methyl/N-ethyl adjacent to an activating group) is 1. The Kier molecular flexibility index (Phi) is 9.34. The van der Waals surface area contributed by atoms with Crippen molar-refractivity contribution < 1.29 is 9.59 Å². The zero-order valence-electron chi connectivity index (χ0n) is 20.5. The lowest BCUT2D eigenvalue weighted by atomic mass is 10.0. The quantitative estimate of drug-likeness (QED) is 0.438. The minimum Gasteiger partial charge on any atom is -0.357 e. The van der Waals surface area contributed by atoms with Crippen LogP contribution < -0.4 is 5.32 Å². The number of hydrogen-bond acceptors (Lipinski definition) is 3. The number of aryl methyl sites for hydroxylation is 3. The Hall–Kier alpha value is -3.05. The molecular weight excluding hydrogens is 440 g/mol. The van der Waals surface area contributed by atoms with Crippen LogP contribution in [0.25, 0.3) is 0 Å². The lowest BCUT2D eigenvalue weighted by Crippen LogP contribution is -2.50. The summed E-state index contributed by atoms with van der Waals surface area (Å²) < 4.78 is 0. The zero-order valence-corrected chi connectivity index (χ0v) is 21.3. The molecular formula is C29H34N2O2S. The summed E-state index contributed by atoms with van der Waals surface area (Å²) in [6, 6.07) is 23.8. The molecule has 0 bridgehead atoms. The molecule has 0 saturated carbocycles. The molecule has 0 saturated heterocycles. The van der Waals surface area contributed by atoms with Crippen LogP contribution in [0, 0.1) is 20.8 Å². The second kappa shape index (κ2) is 12.4. The van der Waals surface area contributed by atoms with Crippen LogP contribution in [0.4, 0.5) is 0 Å².